The third-order valence-electron chi connectivity index (χ3n) is 3.62. The molecule has 0 unspecified atom stereocenters. The fraction of sp³-hybridized carbons (Fsp3) is 0.188. The molecule has 0 fully saturated rings. The maximum absolute atomic E-state index is 13.9. The highest BCUT2D eigenvalue weighted by Gasteiger charge is 2.28. The van der Waals surface area contributed by atoms with Gasteiger partial charge < -0.3 is 0 Å². The minimum absolute atomic E-state index is 0.0568. The molecule has 1 atom stereocenters. The van der Waals surface area contributed by atoms with Crippen LogP contribution in [-0.4, -0.2) is 14.2 Å². The van der Waals surface area contributed by atoms with Gasteiger partial charge in [-0.1, -0.05) is 24.3 Å². The van der Waals surface area contributed by atoms with Crippen LogP contribution in [0.3, 0.4) is 0 Å². The number of benzene rings is 2. The summed E-state index contributed by atoms with van der Waals surface area (Å²) in [6.07, 6.45) is 0.565. The van der Waals surface area contributed by atoms with Crippen molar-refractivity contribution in [2.24, 2.45) is 0 Å². The summed E-state index contributed by atoms with van der Waals surface area (Å²) in [5.41, 5.74) is 0.726. The number of sulfonamides is 1. The summed E-state index contributed by atoms with van der Waals surface area (Å²) in [6, 6.07) is 12.1. The molecule has 0 saturated heterocycles. The number of nitrogens with zero attached hydrogens (tertiary/aromatic N) is 1. The minimum atomic E-state index is -3.86. The van der Waals surface area contributed by atoms with E-state index in [1.54, 1.807) is 24.3 Å². The fourth-order valence-electron chi connectivity index (χ4n) is 2.55. The van der Waals surface area contributed by atoms with Crippen LogP contribution in [0.25, 0.3) is 0 Å². The quantitative estimate of drug-likeness (QED) is 0.925. The zero-order valence-electron chi connectivity index (χ0n) is 12.0. The Balaban J connectivity index is 1.97. The zero-order chi connectivity index (χ0) is 16.4. The van der Waals surface area contributed by atoms with E-state index in [-0.39, 0.29) is 16.3 Å². The van der Waals surface area contributed by atoms with E-state index in [1.807, 2.05) is 6.07 Å². The Labute approximate surface area is 138 Å². The number of nitriles is 1. The second-order valence-corrected chi connectivity index (χ2v) is 7.86. The number of hydrogen-bond donors (Lipinski definition) is 1. The number of nitrogens with one attached hydrogen (secondary N) is 1. The summed E-state index contributed by atoms with van der Waals surface area (Å²) in [4.78, 5) is 0.429. The molecular formula is C16H13FN2O2S2. The first-order valence-electron chi connectivity index (χ1n) is 6.95. The van der Waals surface area contributed by atoms with E-state index in [4.69, 9.17) is 5.26 Å². The lowest BCUT2D eigenvalue weighted by Crippen LogP contribution is -2.31. The van der Waals surface area contributed by atoms with Crippen molar-refractivity contribution < 1.29 is 12.8 Å². The fourth-order valence-corrected chi connectivity index (χ4v) is 5.10. The summed E-state index contributed by atoms with van der Waals surface area (Å²) < 4.78 is 41.7. The van der Waals surface area contributed by atoms with Crippen LogP contribution in [0.5, 0.6) is 0 Å². The molecule has 7 heteroatoms. The number of hydrogen-bond acceptors (Lipinski definition) is 4. The number of thioether (sulfide) groups is 1. The van der Waals surface area contributed by atoms with Gasteiger partial charge in [-0.3, -0.25) is 0 Å². The Hall–Kier alpha value is -1.88. The average molecular weight is 348 g/mol. The first kappa shape index (κ1) is 16.0. The van der Waals surface area contributed by atoms with E-state index in [0.717, 1.165) is 0 Å². The maximum Gasteiger partial charge on any atom is 0.242 e. The van der Waals surface area contributed by atoms with Crippen molar-refractivity contribution in [1.29, 1.82) is 5.26 Å². The molecule has 0 aliphatic carbocycles. The molecule has 3 rings (SSSR count). The van der Waals surface area contributed by atoms with Gasteiger partial charge in [0.05, 0.1) is 10.5 Å². The van der Waals surface area contributed by atoms with Crippen LogP contribution in [0.4, 0.5) is 4.39 Å². The molecule has 0 amide bonds. The standard InChI is InChI=1S/C16H13FN2O2S2/c17-13-6-3-5-12-14(8-9-22-16(12)13)19-23(20,21)15-7-2-1-4-11(15)10-18/h1-7,14,19H,8-9H2/t14-/m1/s1. The highest BCUT2D eigenvalue weighted by molar-refractivity contribution is 7.99. The van der Waals surface area contributed by atoms with Crippen LogP contribution in [-0.2, 0) is 10.0 Å². The van der Waals surface area contributed by atoms with Gasteiger partial charge in [-0.15, -0.1) is 11.8 Å². The number of halogens is 1. The van der Waals surface area contributed by atoms with E-state index in [1.165, 1.54) is 30.0 Å². The van der Waals surface area contributed by atoms with E-state index in [9.17, 15) is 12.8 Å². The average Bonchev–Trinajstić information content (AvgIpc) is 2.55. The SMILES string of the molecule is N#Cc1ccccc1S(=O)(=O)N[C@@H]1CCSc2c(F)cccc21. The second-order valence-electron chi connectivity index (χ2n) is 5.08. The summed E-state index contributed by atoms with van der Waals surface area (Å²) in [5.74, 6) is 0.287. The molecule has 2 aromatic carbocycles. The predicted molar refractivity (Wildman–Crippen MR) is 86.0 cm³/mol. The van der Waals surface area contributed by atoms with Gasteiger partial charge in [-0.05, 0) is 35.9 Å². The van der Waals surface area contributed by atoms with Gasteiger partial charge >= 0.3 is 0 Å². The third-order valence-corrected chi connectivity index (χ3v) is 6.31. The molecule has 1 aliphatic rings. The van der Waals surface area contributed by atoms with Crippen molar-refractivity contribution in [3.8, 4) is 6.07 Å². The lowest BCUT2D eigenvalue weighted by Gasteiger charge is -2.26. The second kappa shape index (κ2) is 6.32. The van der Waals surface area contributed by atoms with Gasteiger partial charge in [-0.25, -0.2) is 17.5 Å². The van der Waals surface area contributed by atoms with Crippen LogP contribution >= 0.6 is 11.8 Å². The third kappa shape index (κ3) is 3.11. The van der Waals surface area contributed by atoms with Crippen LogP contribution < -0.4 is 4.72 Å². The van der Waals surface area contributed by atoms with Crippen LogP contribution in [0.1, 0.15) is 23.6 Å². The summed E-state index contributed by atoms with van der Waals surface area (Å²) in [5, 5.41) is 9.09. The van der Waals surface area contributed by atoms with E-state index in [0.29, 0.717) is 22.6 Å². The lowest BCUT2D eigenvalue weighted by molar-refractivity contribution is 0.533. The lowest BCUT2D eigenvalue weighted by atomic mass is 10.0. The smallest absolute Gasteiger partial charge is 0.207 e. The number of fused-ring (bicyclic) bond motifs is 1. The van der Waals surface area contributed by atoms with Gasteiger partial charge in [0, 0.05) is 10.9 Å². The van der Waals surface area contributed by atoms with Crippen molar-refractivity contribution in [3.63, 3.8) is 0 Å². The summed E-state index contributed by atoms with van der Waals surface area (Å²) in [7, 11) is -3.86. The normalized spacial score (nSPS) is 17.3. The van der Waals surface area contributed by atoms with Crippen LogP contribution in [0.15, 0.2) is 52.3 Å². The molecule has 0 bridgehead atoms. The molecule has 118 valence electrons. The van der Waals surface area contributed by atoms with Crippen molar-refractivity contribution >= 4 is 21.8 Å². The number of rotatable bonds is 3. The first-order valence-corrected chi connectivity index (χ1v) is 9.42. The van der Waals surface area contributed by atoms with E-state index >= 15 is 0 Å². The Bertz CT molecular complexity index is 891. The van der Waals surface area contributed by atoms with Crippen molar-refractivity contribution in [2.75, 3.05) is 5.75 Å². The van der Waals surface area contributed by atoms with Crippen LogP contribution in [0, 0.1) is 17.1 Å². The molecule has 0 saturated carbocycles. The Morgan fingerprint density at radius 2 is 2.00 bits per heavy atom. The minimum Gasteiger partial charge on any atom is -0.207 e. The Morgan fingerprint density at radius 1 is 1.22 bits per heavy atom. The molecule has 1 N–H and O–H groups in total. The molecule has 0 spiro atoms. The molecule has 1 heterocycles. The van der Waals surface area contributed by atoms with Gasteiger partial charge in [0.1, 0.15) is 11.9 Å². The van der Waals surface area contributed by atoms with Gasteiger partial charge in [0.15, 0.2) is 0 Å². The monoisotopic (exact) mass is 348 g/mol. The molecule has 1 aliphatic heterocycles. The van der Waals surface area contributed by atoms with Crippen molar-refractivity contribution in [2.45, 2.75) is 22.3 Å². The van der Waals surface area contributed by atoms with E-state index in [2.05, 4.69) is 4.72 Å². The first-order chi connectivity index (χ1) is 11.0. The van der Waals surface area contributed by atoms with Crippen molar-refractivity contribution in [3.05, 3.63) is 59.4 Å². The predicted octanol–water partition coefficient (Wildman–Crippen LogP) is 3.21. The largest absolute Gasteiger partial charge is 0.242 e. The molecule has 23 heavy (non-hydrogen) atoms. The molecule has 2 aromatic rings. The Morgan fingerprint density at radius 3 is 2.78 bits per heavy atom. The van der Waals surface area contributed by atoms with Crippen molar-refractivity contribution in [1.82, 2.24) is 4.72 Å². The Kier molecular flexibility index (Phi) is 4.39. The van der Waals surface area contributed by atoms with Gasteiger partial charge in [0.2, 0.25) is 10.0 Å². The van der Waals surface area contributed by atoms with E-state index < -0.39 is 16.1 Å². The molecular weight excluding hydrogens is 335 g/mol. The summed E-state index contributed by atoms with van der Waals surface area (Å²) >= 11 is 1.39. The molecule has 4 nitrogen and oxygen atoms in total. The highest BCUT2D eigenvalue weighted by Crippen LogP contribution is 2.38. The van der Waals surface area contributed by atoms with Crippen LogP contribution in [0.2, 0.25) is 0 Å². The van der Waals surface area contributed by atoms with Gasteiger partial charge in [0.25, 0.3) is 0 Å². The molecule has 0 aromatic heterocycles. The zero-order valence-corrected chi connectivity index (χ0v) is 13.6. The molecule has 0 radical (unpaired) electrons. The summed E-state index contributed by atoms with van der Waals surface area (Å²) in [6.45, 7) is 0. The highest BCUT2D eigenvalue weighted by atomic mass is 32.2. The topological polar surface area (TPSA) is 70.0 Å². The van der Waals surface area contributed by atoms with Gasteiger partial charge in [-0.2, -0.15) is 5.26 Å². The maximum atomic E-state index is 13.9.